The maximum absolute atomic E-state index is 13.1. The minimum Gasteiger partial charge on any atom is -0.384 e. The second-order valence-electron chi connectivity index (χ2n) is 5.50. The Bertz CT molecular complexity index is 1050. The van der Waals surface area contributed by atoms with Gasteiger partial charge in [-0.2, -0.15) is 26.3 Å². The first-order valence-electron chi connectivity index (χ1n) is 7.02. The SMILES string of the molecule is Nc1c2c(cc(=O)n1-c1ccc(C(F)(F)F)c(C(F)(F)F)c1)C(=O)NC2=O. The van der Waals surface area contributed by atoms with Crippen LogP contribution >= 0.6 is 0 Å². The summed E-state index contributed by atoms with van der Waals surface area (Å²) in [4.78, 5) is 35.5. The number of hydrogen-bond donors (Lipinski definition) is 2. The molecule has 27 heavy (non-hydrogen) atoms. The molecule has 0 spiro atoms. The highest BCUT2D eigenvalue weighted by atomic mass is 19.4. The second-order valence-corrected chi connectivity index (χ2v) is 5.50. The molecule has 3 N–H and O–H groups in total. The first-order chi connectivity index (χ1) is 12.3. The van der Waals surface area contributed by atoms with Crippen LogP contribution in [0.2, 0.25) is 0 Å². The lowest BCUT2D eigenvalue weighted by Crippen LogP contribution is -2.25. The molecule has 0 atom stereocenters. The molecule has 0 saturated heterocycles. The van der Waals surface area contributed by atoms with E-state index in [2.05, 4.69) is 0 Å². The first-order valence-corrected chi connectivity index (χ1v) is 7.02. The van der Waals surface area contributed by atoms with Crippen LogP contribution in [0.1, 0.15) is 31.8 Å². The molecule has 0 saturated carbocycles. The van der Waals surface area contributed by atoms with Crippen molar-refractivity contribution in [3.8, 4) is 5.69 Å². The average Bonchev–Trinajstić information content (AvgIpc) is 2.79. The Morgan fingerprint density at radius 2 is 1.44 bits per heavy atom. The van der Waals surface area contributed by atoms with Gasteiger partial charge >= 0.3 is 12.4 Å². The minimum absolute atomic E-state index is 0.0989. The lowest BCUT2D eigenvalue weighted by molar-refractivity contribution is -0.162. The van der Waals surface area contributed by atoms with E-state index in [0.29, 0.717) is 16.7 Å². The number of fused-ring (bicyclic) bond motifs is 1. The van der Waals surface area contributed by atoms with Gasteiger partial charge in [-0.05, 0) is 18.2 Å². The Labute approximate surface area is 145 Å². The van der Waals surface area contributed by atoms with Crippen LogP contribution in [0.5, 0.6) is 0 Å². The number of halogens is 6. The van der Waals surface area contributed by atoms with Gasteiger partial charge in [0.1, 0.15) is 5.82 Å². The quantitative estimate of drug-likeness (QED) is 0.577. The number of amides is 2. The maximum atomic E-state index is 13.1. The Morgan fingerprint density at radius 1 is 0.852 bits per heavy atom. The van der Waals surface area contributed by atoms with Gasteiger partial charge < -0.3 is 5.73 Å². The van der Waals surface area contributed by atoms with Gasteiger partial charge in [-0.25, -0.2) is 0 Å². The van der Waals surface area contributed by atoms with Crippen molar-refractivity contribution in [1.82, 2.24) is 9.88 Å². The number of hydrogen-bond acceptors (Lipinski definition) is 4. The third-order valence-corrected chi connectivity index (χ3v) is 3.83. The summed E-state index contributed by atoms with van der Waals surface area (Å²) >= 11 is 0. The largest absolute Gasteiger partial charge is 0.417 e. The van der Waals surface area contributed by atoms with Gasteiger partial charge in [0.25, 0.3) is 17.4 Å². The van der Waals surface area contributed by atoms with Crippen LogP contribution in [0.25, 0.3) is 5.69 Å². The fourth-order valence-electron chi connectivity index (χ4n) is 2.70. The summed E-state index contributed by atoms with van der Waals surface area (Å²) in [6.07, 6.45) is -10.7. The van der Waals surface area contributed by atoms with Crippen molar-refractivity contribution in [3.05, 3.63) is 56.9 Å². The van der Waals surface area contributed by atoms with Crippen LogP contribution in [0.15, 0.2) is 29.1 Å². The van der Waals surface area contributed by atoms with Crippen molar-refractivity contribution in [1.29, 1.82) is 0 Å². The van der Waals surface area contributed by atoms with Crippen LogP contribution in [0.4, 0.5) is 32.2 Å². The van der Waals surface area contributed by atoms with Gasteiger partial charge in [0.05, 0.1) is 27.9 Å². The fourth-order valence-corrected chi connectivity index (χ4v) is 2.70. The van der Waals surface area contributed by atoms with Crippen molar-refractivity contribution in [2.24, 2.45) is 0 Å². The summed E-state index contributed by atoms with van der Waals surface area (Å²) in [5.41, 5.74) is -0.887. The zero-order chi connectivity index (χ0) is 20.3. The number of anilines is 1. The van der Waals surface area contributed by atoms with E-state index >= 15 is 0 Å². The highest BCUT2D eigenvalue weighted by Crippen LogP contribution is 2.41. The number of nitrogens with zero attached hydrogens (tertiary/aromatic N) is 1. The van der Waals surface area contributed by atoms with Gasteiger partial charge in [0.2, 0.25) is 0 Å². The molecule has 0 radical (unpaired) electrons. The molecule has 3 rings (SSSR count). The van der Waals surface area contributed by atoms with E-state index < -0.39 is 57.9 Å². The smallest absolute Gasteiger partial charge is 0.384 e. The first kappa shape index (κ1) is 18.5. The number of nitrogens with two attached hydrogens (primary N) is 1. The van der Waals surface area contributed by atoms with Crippen molar-refractivity contribution >= 4 is 17.6 Å². The number of nitrogens with one attached hydrogen (secondary N) is 1. The summed E-state index contributed by atoms with van der Waals surface area (Å²) < 4.78 is 78.3. The van der Waals surface area contributed by atoms with Crippen LogP contribution in [0, 0.1) is 0 Å². The molecule has 2 amide bonds. The molecular weight excluding hydrogens is 384 g/mol. The van der Waals surface area contributed by atoms with Crippen LogP contribution in [-0.2, 0) is 12.4 Å². The lowest BCUT2D eigenvalue weighted by Gasteiger charge is -2.18. The van der Waals surface area contributed by atoms with E-state index in [-0.39, 0.29) is 17.7 Å². The van der Waals surface area contributed by atoms with Crippen molar-refractivity contribution in [3.63, 3.8) is 0 Å². The zero-order valence-corrected chi connectivity index (χ0v) is 12.8. The molecular formula is C15H7F6N3O3. The third-order valence-electron chi connectivity index (χ3n) is 3.83. The summed E-state index contributed by atoms with van der Waals surface area (Å²) in [6.45, 7) is 0. The molecule has 2 aromatic rings. The summed E-state index contributed by atoms with van der Waals surface area (Å²) in [5, 5.41) is 1.85. The fraction of sp³-hybridized carbons (Fsp3) is 0.133. The number of alkyl halides is 6. The van der Waals surface area contributed by atoms with E-state index in [1.807, 2.05) is 5.32 Å². The maximum Gasteiger partial charge on any atom is 0.417 e. The monoisotopic (exact) mass is 391 g/mol. The number of aromatic nitrogens is 1. The highest BCUT2D eigenvalue weighted by Gasteiger charge is 2.43. The number of rotatable bonds is 1. The van der Waals surface area contributed by atoms with Gasteiger partial charge in [-0.1, -0.05) is 0 Å². The van der Waals surface area contributed by atoms with E-state index in [4.69, 9.17) is 5.73 Å². The predicted octanol–water partition coefficient (Wildman–Crippen LogP) is 2.34. The topological polar surface area (TPSA) is 94.2 Å². The van der Waals surface area contributed by atoms with Crippen LogP contribution in [-0.4, -0.2) is 16.4 Å². The molecule has 1 aromatic carbocycles. The van der Waals surface area contributed by atoms with Crippen molar-refractivity contribution < 1.29 is 35.9 Å². The standard InChI is InChI=1S/C15H7F6N3O3/c16-14(17,18)7-2-1-5(3-8(7)15(19,20)21)24-9(25)4-6-10(11(24)22)13(27)23-12(6)26/h1-4H,22H2,(H,23,26,27). The molecule has 142 valence electrons. The molecule has 1 aliphatic rings. The Balaban J connectivity index is 2.31. The zero-order valence-electron chi connectivity index (χ0n) is 12.8. The molecule has 6 nitrogen and oxygen atoms in total. The summed E-state index contributed by atoms with van der Waals surface area (Å²) in [6, 6.07) is 1.53. The molecule has 12 heteroatoms. The molecule has 2 heterocycles. The van der Waals surface area contributed by atoms with E-state index in [0.717, 1.165) is 0 Å². The van der Waals surface area contributed by atoms with E-state index in [1.165, 1.54) is 0 Å². The Kier molecular flexibility index (Phi) is 3.83. The minimum atomic E-state index is -5.37. The summed E-state index contributed by atoms with van der Waals surface area (Å²) in [5.74, 6) is -2.58. The summed E-state index contributed by atoms with van der Waals surface area (Å²) in [7, 11) is 0. The molecule has 0 unspecified atom stereocenters. The normalized spacial score (nSPS) is 14.3. The molecule has 1 aromatic heterocycles. The number of pyridine rings is 1. The van der Waals surface area contributed by atoms with Crippen molar-refractivity contribution in [2.75, 3.05) is 5.73 Å². The Morgan fingerprint density at radius 3 is 2.00 bits per heavy atom. The van der Waals surface area contributed by atoms with Gasteiger partial charge in [-0.3, -0.25) is 24.3 Å². The second kappa shape index (κ2) is 5.59. The number of imide groups is 1. The molecule has 0 fully saturated rings. The van der Waals surface area contributed by atoms with Crippen LogP contribution < -0.4 is 16.6 Å². The van der Waals surface area contributed by atoms with Crippen LogP contribution in [0.3, 0.4) is 0 Å². The van der Waals surface area contributed by atoms with E-state index in [1.54, 1.807) is 0 Å². The number of benzene rings is 1. The lowest BCUT2D eigenvalue weighted by atomic mass is 10.0. The van der Waals surface area contributed by atoms with Gasteiger partial charge in [0.15, 0.2) is 0 Å². The molecule has 1 aliphatic heterocycles. The molecule has 0 aliphatic carbocycles. The highest BCUT2D eigenvalue weighted by molar-refractivity contribution is 6.23. The Hall–Kier alpha value is -3.31. The average molecular weight is 391 g/mol. The van der Waals surface area contributed by atoms with Crippen molar-refractivity contribution in [2.45, 2.75) is 12.4 Å². The number of carbonyl (C=O) groups is 2. The number of carbonyl (C=O) groups excluding carboxylic acids is 2. The molecule has 0 bridgehead atoms. The number of nitrogen functional groups attached to an aromatic ring is 1. The van der Waals surface area contributed by atoms with Gasteiger partial charge in [-0.15, -0.1) is 0 Å². The van der Waals surface area contributed by atoms with Gasteiger partial charge in [0, 0.05) is 6.07 Å². The third kappa shape index (κ3) is 2.92. The predicted molar refractivity (Wildman–Crippen MR) is 78.3 cm³/mol. The van der Waals surface area contributed by atoms with E-state index in [9.17, 15) is 40.7 Å².